The van der Waals surface area contributed by atoms with E-state index in [-0.39, 0.29) is 43.6 Å². The molecule has 0 saturated carbocycles. The van der Waals surface area contributed by atoms with Gasteiger partial charge in [-0.3, -0.25) is 24.2 Å². The van der Waals surface area contributed by atoms with Crippen molar-refractivity contribution in [3.05, 3.63) is 101 Å². The summed E-state index contributed by atoms with van der Waals surface area (Å²) in [6, 6.07) is 19.5. The molecule has 0 radical (unpaired) electrons. The molecule has 0 aliphatic heterocycles. The Balaban J connectivity index is 0.937. The summed E-state index contributed by atoms with van der Waals surface area (Å²) < 4.78 is 34.8. The zero-order valence-electron chi connectivity index (χ0n) is 32.7. The number of ether oxygens (including phenoxy) is 5. The number of nitrogens with zero attached hydrogens (tertiary/aromatic N) is 4. The lowest BCUT2D eigenvalue weighted by atomic mass is 9.99. The fourth-order valence-electron chi connectivity index (χ4n) is 5.74. The van der Waals surface area contributed by atoms with Crippen molar-refractivity contribution in [3.8, 4) is 23.1 Å². The van der Waals surface area contributed by atoms with Gasteiger partial charge in [0, 0.05) is 25.7 Å². The Bertz CT molecular complexity index is 2130. The first-order valence-corrected chi connectivity index (χ1v) is 18.9. The van der Waals surface area contributed by atoms with Crippen LogP contribution in [-0.2, 0) is 48.7 Å². The fraction of sp³-hybridized carbons (Fsp3) is 0.390. The van der Waals surface area contributed by atoms with Crippen molar-refractivity contribution >= 4 is 29.4 Å². The number of hydrogen-bond donors (Lipinski definition) is 3. The van der Waals surface area contributed by atoms with Gasteiger partial charge in [-0.25, -0.2) is 9.67 Å². The Morgan fingerprint density at radius 1 is 0.914 bits per heavy atom. The molecule has 3 atom stereocenters. The molecule has 0 bridgehead atoms. The molecule has 5 rings (SSSR count). The molecular formula is C41H49N7O10. The number of carbonyl (C=O) groups is 3. The summed E-state index contributed by atoms with van der Waals surface area (Å²) in [4.78, 5) is 57.8. The molecule has 308 valence electrons. The number of rotatable bonds is 24. The Labute approximate surface area is 335 Å². The first-order valence-electron chi connectivity index (χ1n) is 18.9. The van der Waals surface area contributed by atoms with Gasteiger partial charge in [-0.15, -0.1) is 0 Å². The number of fused-ring (bicyclic) bond motifs is 1. The molecule has 17 heteroatoms. The molecule has 3 heterocycles. The summed E-state index contributed by atoms with van der Waals surface area (Å²) in [6.45, 7) is 6.00. The highest BCUT2D eigenvalue weighted by atomic mass is 16.5. The first kappa shape index (κ1) is 43.0. The third-order valence-corrected chi connectivity index (χ3v) is 8.64. The monoisotopic (exact) mass is 799 g/mol. The molecule has 4 N–H and O–H groups in total. The molecule has 2 amide bonds. The smallest absolute Gasteiger partial charge is 0.293 e. The van der Waals surface area contributed by atoms with E-state index in [0.717, 1.165) is 5.56 Å². The Kier molecular flexibility index (Phi) is 16.3. The number of amides is 2. The minimum Gasteiger partial charge on any atom is -0.490 e. The molecule has 0 fully saturated rings. The summed E-state index contributed by atoms with van der Waals surface area (Å²) in [5.41, 5.74) is 9.20. The number of aromatic nitrogens is 4. The molecule has 5 aromatic rings. The molecule has 3 aromatic heterocycles. The molecular weight excluding hydrogens is 750 g/mol. The predicted molar refractivity (Wildman–Crippen MR) is 212 cm³/mol. The van der Waals surface area contributed by atoms with E-state index >= 15 is 0 Å². The Hall–Kier alpha value is -6.17. The predicted octanol–water partition coefficient (Wildman–Crippen LogP) is 2.73. The second-order valence-corrected chi connectivity index (χ2v) is 13.7. The molecule has 0 unspecified atom stereocenters. The first-order chi connectivity index (χ1) is 28.1. The molecule has 0 aliphatic rings. The summed E-state index contributed by atoms with van der Waals surface area (Å²) in [7, 11) is 1.56. The molecule has 0 saturated heterocycles. The summed E-state index contributed by atoms with van der Waals surface area (Å²) in [6.07, 6.45) is 1.02. The van der Waals surface area contributed by atoms with Gasteiger partial charge in [0.15, 0.2) is 11.7 Å². The van der Waals surface area contributed by atoms with Crippen molar-refractivity contribution in [2.75, 3.05) is 39.6 Å². The van der Waals surface area contributed by atoms with Gasteiger partial charge in [0.1, 0.15) is 42.0 Å². The van der Waals surface area contributed by atoms with Crippen molar-refractivity contribution in [1.82, 2.24) is 30.4 Å². The van der Waals surface area contributed by atoms with Crippen LogP contribution in [-0.4, -0.2) is 95.8 Å². The van der Waals surface area contributed by atoms with Gasteiger partial charge in [-0.1, -0.05) is 44.2 Å². The zero-order valence-corrected chi connectivity index (χ0v) is 32.7. The largest absolute Gasteiger partial charge is 0.490 e. The maximum absolute atomic E-state index is 13.1. The van der Waals surface area contributed by atoms with Crippen molar-refractivity contribution < 1.29 is 42.5 Å². The van der Waals surface area contributed by atoms with E-state index in [1.165, 1.54) is 10.7 Å². The van der Waals surface area contributed by atoms with Crippen LogP contribution in [0.15, 0.2) is 88.2 Å². The molecule has 17 nitrogen and oxygen atoms in total. The topological polar surface area (TPSA) is 221 Å². The second kappa shape index (κ2) is 21.9. The van der Waals surface area contributed by atoms with E-state index in [1.807, 2.05) is 44.2 Å². The van der Waals surface area contributed by atoms with Gasteiger partial charge in [0.05, 0.1) is 44.4 Å². The van der Waals surface area contributed by atoms with E-state index in [1.54, 1.807) is 49.6 Å². The van der Waals surface area contributed by atoms with Crippen LogP contribution in [0.25, 0.3) is 22.7 Å². The number of nitrogens with two attached hydrogens (primary N) is 1. The average molecular weight is 800 g/mol. The molecule has 58 heavy (non-hydrogen) atoms. The SMILES string of the molecule is CC(C)C[C@H](NC(=O)[C@@H](OC=O)[C@H](N)Cc1ccccc1)C(=O)NCCOCCOCCOc1ccc(COc2ccc3oc(-c4ccc(=O)n(C)n4)nc3c2)nc1. The molecule has 0 aliphatic carbocycles. The van der Waals surface area contributed by atoms with Gasteiger partial charge in [0.2, 0.25) is 11.8 Å². The van der Waals surface area contributed by atoms with Crippen molar-refractivity contribution in [1.29, 1.82) is 0 Å². The quantitative estimate of drug-likeness (QED) is 0.0604. The van der Waals surface area contributed by atoms with E-state index in [2.05, 4.69) is 25.7 Å². The lowest BCUT2D eigenvalue weighted by Gasteiger charge is -2.25. The van der Waals surface area contributed by atoms with E-state index < -0.39 is 24.1 Å². The van der Waals surface area contributed by atoms with Gasteiger partial charge in [-0.2, -0.15) is 5.10 Å². The fourth-order valence-corrected chi connectivity index (χ4v) is 5.74. The number of aryl methyl sites for hydroxylation is 1. The lowest BCUT2D eigenvalue weighted by Crippen LogP contribution is -2.55. The summed E-state index contributed by atoms with van der Waals surface area (Å²) >= 11 is 0. The third kappa shape index (κ3) is 13.2. The van der Waals surface area contributed by atoms with Crippen molar-refractivity contribution in [2.24, 2.45) is 18.7 Å². The number of nitrogens with one attached hydrogen (secondary N) is 2. The van der Waals surface area contributed by atoms with Crippen LogP contribution < -0.4 is 31.4 Å². The molecule has 0 spiro atoms. The minimum absolute atomic E-state index is 0.0944. The van der Waals surface area contributed by atoms with Crippen LogP contribution in [0.5, 0.6) is 11.5 Å². The minimum atomic E-state index is -1.26. The standard InChI is InChI=1S/C41H49N7O10/c1-27(2)21-35(45-40(52)38(57-26-49)32(42)22-28-7-5-4-6-8-28)39(51)43-15-16-53-17-18-54-19-20-55-31-10-9-29(44-24-31)25-56-30-11-13-36-34(23-30)46-41(58-36)33-12-14-37(50)48(3)47-33/h4-14,23-24,26-27,32,35,38H,15-22,25,42H2,1-3H3,(H,43,51)(H,45,52)/t32-,35+,38+/m1/s1. The number of carbonyl (C=O) groups excluding carboxylic acids is 3. The highest BCUT2D eigenvalue weighted by Crippen LogP contribution is 2.26. The second-order valence-electron chi connectivity index (χ2n) is 13.7. The maximum atomic E-state index is 13.1. The van der Waals surface area contributed by atoms with E-state index in [0.29, 0.717) is 79.1 Å². The lowest BCUT2D eigenvalue weighted by molar-refractivity contribution is -0.147. The van der Waals surface area contributed by atoms with Gasteiger partial charge in [-0.05, 0) is 54.7 Å². The van der Waals surface area contributed by atoms with Crippen LogP contribution >= 0.6 is 0 Å². The highest BCUT2D eigenvalue weighted by Gasteiger charge is 2.31. The number of pyridine rings is 1. The molecule has 2 aromatic carbocycles. The van der Waals surface area contributed by atoms with Crippen molar-refractivity contribution in [2.45, 2.75) is 51.5 Å². The number of oxazole rings is 1. The Morgan fingerprint density at radius 2 is 1.67 bits per heavy atom. The van der Waals surface area contributed by atoms with Gasteiger partial charge >= 0.3 is 0 Å². The average Bonchev–Trinajstić information content (AvgIpc) is 3.65. The highest BCUT2D eigenvalue weighted by molar-refractivity contribution is 5.90. The van der Waals surface area contributed by atoms with Crippen LogP contribution in [0.2, 0.25) is 0 Å². The third-order valence-electron chi connectivity index (χ3n) is 8.64. The summed E-state index contributed by atoms with van der Waals surface area (Å²) in [5, 5.41) is 9.68. The van der Waals surface area contributed by atoms with Crippen LogP contribution in [0, 0.1) is 5.92 Å². The Morgan fingerprint density at radius 3 is 2.40 bits per heavy atom. The normalized spacial score (nSPS) is 12.8. The number of hydrogen-bond acceptors (Lipinski definition) is 14. The van der Waals surface area contributed by atoms with Crippen molar-refractivity contribution in [3.63, 3.8) is 0 Å². The van der Waals surface area contributed by atoms with Crippen LogP contribution in [0.1, 0.15) is 31.5 Å². The zero-order chi connectivity index (χ0) is 41.3. The van der Waals surface area contributed by atoms with Crippen LogP contribution in [0.3, 0.4) is 0 Å². The van der Waals surface area contributed by atoms with E-state index in [9.17, 15) is 19.2 Å². The summed E-state index contributed by atoms with van der Waals surface area (Å²) in [5.74, 6) is 0.542. The van der Waals surface area contributed by atoms with Gasteiger partial charge in [0.25, 0.3) is 17.9 Å². The number of benzene rings is 2. The maximum Gasteiger partial charge on any atom is 0.293 e. The van der Waals surface area contributed by atoms with Crippen LogP contribution in [0.4, 0.5) is 0 Å². The van der Waals surface area contributed by atoms with E-state index in [4.69, 9.17) is 33.8 Å². The van der Waals surface area contributed by atoms with Gasteiger partial charge < -0.3 is 44.5 Å².